The van der Waals surface area contributed by atoms with E-state index in [9.17, 15) is 0 Å². The molecule has 5 rings (SSSR count). The lowest BCUT2D eigenvalue weighted by Crippen LogP contribution is -2.32. The van der Waals surface area contributed by atoms with Crippen molar-refractivity contribution in [3.63, 3.8) is 0 Å². The van der Waals surface area contributed by atoms with Crippen LogP contribution in [-0.4, -0.2) is 40.3 Å². The fourth-order valence-electron chi connectivity index (χ4n) is 3.83. The molecule has 8 heteroatoms. The zero-order valence-electron chi connectivity index (χ0n) is 14.6. The minimum Gasteiger partial charge on any atom is -0.364 e. The highest BCUT2D eigenvalue weighted by Crippen LogP contribution is 2.40. The maximum Gasteiger partial charge on any atom is 0.165 e. The number of hydrogen-bond acceptors (Lipinski definition) is 6. The molecule has 0 spiro atoms. The Kier molecular flexibility index (Phi) is 3.26. The molecule has 1 N–H and O–H groups in total. The third-order valence-corrected chi connectivity index (χ3v) is 5.30. The van der Waals surface area contributed by atoms with Crippen LogP contribution in [-0.2, 0) is 19.5 Å². The Bertz CT molecular complexity index is 936. The van der Waals surface area contributed by atoms with E-state index in [0.717, 1.165) is 54.6 Å². The molecule has 3 aromatic heterocycles. The predicted molar refractivity (Wildman–Crippen MR) is 93.5 cm³/mol. The van der Waals surface area contributed by atoms with Crippen molar-refractivity contribution in [2.75, 3.05) is 5.32 Å². The van der Waals surface area contributed by atoms with Gasteiger partial charge in [0, 0.05) is 31.5 Å². The lowest BCUT2D eigenvalue weighted by atomic mass is 10.1. The molecule has 0 amide bonds. The zero-order chi connectivity index (χ0) is 17.0. The van der Waals surface area contributed by atoms with Gasteiger partial charge >= 0.3 is 0 Å². The molecule has 1 atom stereocenters. The van der Waals surface area contributed by atoms with Gasteiger partial charge in [-0.1, -0.05) is 0 Å². The zero-order valence-corrected chi connectivity index (χ0v) is 14.6. The van der Waals surface area contributed by atoms with Crippen LogP contribution in [0.2, 0.25) is 0 Å². The SMILES string of the molecule is CCn1c(C)nc2c(NC3CCc4nnc(C5CC5)n4C3)ncnc21. The molecule has 1 aliphatic carbocycles. The quantitative estimate of drug-likeness (QED) is 0.783. The Hall–Kier alpha value is -2.51. The number of aromatic nitrogens is 7. The average molecular weight is 338 g/mol. The predicted octanol–water partition coefficient (Wildman–Crippen LogP) is 2.05. The number of fused-ring (bicyclic) bond motifs is 2. The van der Waals surface area contributed by atoms with Crippen molar-refractivity contribution < 1.29 is 0 Å². The molecule has 0 aromatic carbocycles. The molecule has 8 nitrogen and oxygen atoms in total. The molecular formula is C17H22N8. The van der Waals surface area contributed by atoms with Crippen LogP contribution in [0.4, 0.5) is 5.82 Å². The van der Waals surface area contributed by atoms with Crippen molar-refractivity contribution >= 4 is 17.0 Å². The number of aryl methyl sites for hydroxylation is 3. The van der Waals surface area contributed by atoms with Crippen LogP contribution in [0.15, 0.2) is 6.33 Å². The van der Waals surface area contributed by atoms with Gasteiger partial charge in [0.05, 0.1) is 0 Å². The van der Waals surface area contributed by atoms with Gasteiger partial charge in [-0.05, 0) is 33.1 Å². The van der Waals surface area contributed by atoms with Crippen LogP contribution >= 0.6 is 0 Å². The minimum atomic E-state index is 0.311. The smallest absolute Gasteiger partial charge is 0.165 e. The highest BCUT2D eigenvalue weighted by Gasteiger charge is 2.32. The summed E-state index contributed by atoms with van der Waals surface area (Å²) in [6, 6.07) is 0.311. The van der Waals surface area contributed by atoms with Crippen molar-refractivity contribution in [3.05, 3.63) is 23.8 Å². The van der Waals surface area contributed by atoms with E-state index in [4.69, 9.17) is 0 Å². The molecule has 1 unspecified atom stereocenters. The molecule has 0 bridgehead atoms. The second kappa shape index (κ2) is 5.50. The summed E-state index contributed by atoms with van der Waals surface area (Å²) < 4.78 is 4.43. The minimum absolute atomic E-state index is 0.311. The molecule has 1 aliphatic heterocycles. The molecule has 4 heterocycles. The van der Waals surface area contributed by atoms with E-state index in [1.165, 1.54) is 18.7 Å². The van der Waals surface area contributed by atoms with Gasteiger partial charge in [0.25, 0.3) is 0 Å². The van der Waals surface area contributed by atoms with E-state index in [1.807, 2.05) is 6.92 Å². The Morgan fingerprint density at radius 3 is 2.88 bits per heavy atom. The molecule has 1 saturated carbocycles. The molecule has 0 saturated heterocycles. The van der Waals surface area contributed by atoms with Crippen LogP contribution < -0.4 is 5.32 Å². The number of anilines is 1. The van der Waals surface area contributed by atoms with Crippen molar-refractivity contribution in [1.29, 1.82) is 0 Å². The summed E-state index contributed by atoms with van der Waals surface area (Å²) in [7, 11) is 0. The van der Waals surface area contributed by atoms with Gasteiger partial charge in [-0.25, -0.2) is 15.0 Å². The second-order valence-corrected chi connectivity index (χ2v) is 7.04. The van der Waals surface area contributed by atoms with Crippen LogP contribution in [0.25, 0.3) is 11.2 Å². The molecule has 2 aliphatic rings. The van der Waals surface area contributed by atoms with E-state index < -0.39 is 0 Å². The summed E-state index contributed by atoms with van der Waals surface area (Å²) in [6.07, 6.45) is 6.10. The van der Waals surface area contributed by atoms with Gasteiger partial charge in [0.1, 0.15) is 23.8 Å². The fraction of sp³-hybridized carbons (Fsp3) is 0.588. The average Bonchev–Trinajstić information content (AvgIpc) is 3.28. The highest BCUT2D eigenvalue weighted by atomic mass is 15.3. The third kappa shape index (κ3) is 2.39. The standard InChI is InChI=1S/C17H22N8/c1-3-24-10(2)20-14-15(18-9-19-17(14)24)21-12-6-7-13-22-23-16(11-4-5-11)25(13)8-12/h9,11-12H,3-8H2,1-2H3,(H,18,19,21). The molecule has 130 valence electrons. The molecule has 25 heavy (non-hydrogen) atoms. The second-order valence-electron chi connectivity index (χ2n) is 7.04. The Morgan fingerprint density at radius 2 is 2.08 bits per heavy atom. The number of hydrogen-bond donors (Lipinski definition) is 1. The first-order chi connectivity index (χ1) is 12.2. The molecular weight excluding hydrogens is 316 g/mol. The highest BCUT2D eigenvalue weighted by molar-refractivity contribution is 5.83. The van der Waals surface area contributed by atoms with Gasteiger partial charge < -0.3 is 14.5 Å². The number of nitrogens with zero attached hydrogens (tertiary/aromatic N) is 7. The number of rotatable bonds is 4. The number of imidazole rings is 1. The van der Waals surface area contributed by atoms with Crippen LogP contribution in [0.3, 0.4) is 0 Å². The first kappa shape index (κ1) is 14.8. The first-order valence-electron chi connectivity index (χ1n) is 9.11. The summed E-state index contributed by atoms with van der Waals surface area (Å²) in [5.41, 5.74) is 1.76. The van der Waals surface area contributed by atoms with E-state index in [1.54, 1.807) is 6.33 Å². The molecule has 0 radical (unpaired) electrons. The largest absolute Gasteiger partial charge is 0.364 e. The van der Waals surface area contributed by atoms with Gasteiger partial charge in [-0.15, -0.1) is 10.2 Å². The van der Waals surface area contributed by atoms with Crippen LogP contribution in [0.1, 0.15) is 49.6 Å². The molecule has 3 aromatic rings. The molecule has 1 fully saturated rings. The van der Waals surface area contributed by atoms with Crippen LogP contribution in [0, 0.1) is 6.92 Å². The van der Waals surface area contributed by atoms with Crippen molar-refractivity contribution in [2.24, 2.45) is 0 Å². The number of nitrogens with one attached hydrogen (secondary N) is 1. The first-order valence-corrected chi connectivity index (χ1v) is 9.11. The van der Waals surface area contributed by atoms with Crippen LogP contribution in [0.5, 0.6) is 0 Å². The third-order valence-electron chi connectivity index (χ3n) is 5.30. The Labute approximate surface area is 145 Å². The van der Waals surface area contributed by atoms with Gasteiger partial charge in [-0.3, -0.25) is 0 Å². The summed E-state index contributed by atoms with van der Waals surface area (Å²) in [5, 5.41) is 12.4. The lowest BCUT2D eigenvalue weighted by Gasteiger charge is -2.25. The van der Waals surface area contributed by atoms with Gasteiger partial charge in [0.15, 0.2) is 17.0 Å². The maximum absolute atomic E-state index is 4.68. The summed E-state index contributed by atoms with van der Waals surface area (Å²) in [6.45, 7) is 5.88. The van der Waals surface area contributed by atoms with Gasteiger partial charge in [0.2, 0.25) is 0 Å². The normalized spacial score (nSPS) is 20.0. The van der Waals surface area contributed by atoms with Crippen molar-refractivity contribution in [3.8, 4) is 0 Å². The Morgan fingerprint density at radius 1 is 1.20 bits per heavy atom. The summed E-state index contributed by atoms with van der Waals surface area (Å²) >= 11 is 0. The fourth-order valence-corrected chi connectivity index (χ4v) is 3.83. The van der Waals surface area contributed by atoms with E-state index in [0.29, 0.717) is 12.0 Å². The van der Waals surface area contributed by atoms with Crippen molar-refractivity contribution in [1.82, 2.24) is 34.3 Å². The Balaban J connectivity index is 1.44. The summed E-state index contributed by atoms with van der Waals surface area (Å²) in [4.78, 5) is 13.6. The topological polar surface area (TPSA) is 86.3 Å². The maximum atomic E-state index is 4.68. The lowest BCUT2D eigenvalue weighted by molar-refractivity contribution is 0.465. The monoisotopic (exact) mass is 338 g/mol. The summed E-state index contributed by atoms with van der Waals surface area (Å²) in [5.74, 6) is 4.71. The van der Waals surface area contributed by atoms with E-state index in [2.05, 4.69) is 46.5 Å². The van der Waals surface area contributed by atoms with Gasteiger partial charge in [-0.2, -0.15) is 0 Å². The van der Waals surface area contributed by atoms with E-state index >= 15 is 0 Å². The van der Waals surface area contributed by atoms with Crippen molar-refractivity contribution in [2.45, 2.75) is 64.6 Å². The van der Waals surface area contributed by atoms with E-state index in [-0.39, 0.29) is 0 Å².